The Morgan fingerprint density at radius 2 is 2.11 bits per heavy atom. The van der Waals surface area contributed by atoms with Gasteiger partial charge in [-0.3, -0.25) is 14.5 Å². The number of nitrogen functional groups attached to an aromatic ring is 1. The molecule has 1 fully saturated rings. The molecule has 100 valence electrons. The van der Waals surface area contributed by atoms with E-state index < -0.39 is 5.54 Å². The molecule has 0 aromatic heterocycles. The molecule has 0 spiro atoms. The Hall–Kier alpha value is -1.88. The molecule has 0 aliphatic carbocycles. The van der Waals surface area contributed by atoms with Crippen molar-refractivity contribution in [3.05, 3.63) is 29.3 Å². The van der Waals surface area contributed by atoms with Crippen LogP contribution in [0.5, 0.6) is 0 Å². The van der Waals surface area contributed by atoms with Crippen molar-refractivity contribution in [2.45, 2.75) is 31.9 Å². The summed E-state index contributed by atoms with van der Waals surface area (Å²) in [6.45, 7) is 4.34. The molecule has 2 N–H and O–H groups in total. The molecule has 3 rings (SSSR count). The van der Waals surface area contributed by atoms with Gasteiger partial charge in [0.15, 0.2) is 0 Å². The van der Waals surface area contributed by atoms with Gasteiger partial charge < -0.3 is 10.5 Å². The minimum absolute atomic E-state index is 0.170. The van der Waals surface area contributed by atoms with Crippen molar-refractivity contribution < 1.29 is 14.3 Å². The van der Waals surface area contributed by atoms with E-state index in [0.717, 1.165) is 0 Å². The number of fused-ring (bicyclic) bond motifs is 1. The fourth-order valence-electron chi connectivity index (χ4n) is 2.89. The number of hydrogen-bond acceptors (Lipinski definition) is 4. The number of nitrogens with zero attached hydrogens (tertiary/aromatic N) is 1. The highest BCUT2D eigenvalue weighted by Crippen LogP contribution is 2.39. The fourth-order valence-corrected chi connectivity index (χ4v) is 2.89. The van der Waals surface area contributed by atoms with Crippen molar-refractivity contribution in [2.75, 3.05) is 12.3 Å². The predicted molar refractivity (Wildman–Crippen MR) is 69.8 cm³/mol. The molecule has 1 saturated heterocycles. The lowest BCUT2D eigenvalue weighted by molar-refractivity contribution is 0.0210. The largest absolute Gasteiger partial charge is 0.398 e. The molecule has 2 aliphatic heterocycles. The van der Waals surface area contributed by atoms with Crippen molar-refractivity contribution in [1.29, 1.82) is 0 Å². The summed E-state index contributed by atoms with van der Waals surface area (Å²) in [7, 11) is 0. The molecule has 2 heterocycles. The number of anilines is 1. The van der Waals surface area contributed by atoms with E-state index in [0.29, 0.717) is 29.8 Å². The van der Waals surface area contributed by atoms with Crippen LogP contribution < -0.4 is 5.73 Å². The van der Waals surface area contributed by atoms with Crippen molar-refractivity contribution in [3.8, 4) is 0 Å². The van der Waals surface area contributed by atoms with E-state index in [-0.39, 0.29) is 17.9 Å². The Labute approximate surface area is 111 Å². The Morgan fingerprint density at radius 3 is 2.68 bits per heavy atom. The molecule has 1 aromatic carbocycles. The summed E-state index contributed by atoms with van der Waals surface area (Å²) >= 11 is 0. The Balaban J connectivity index is 2.11. The second kappa shape index (κ2) is 3.81. The molecule has 2 aliphatic rings. The first kappa shape index (κ1) is 12.2. The standard InChI is InChI=1S/C14H16N2O3/c1-8-14(2,6-7-19-8)16-12(17)9-4-3-5-10(15)11(9)13(16)18/h3-5,8H,6-7,15H2,1-2H3. The third-order valence-corrected chi connectivity index (χ3v) is 4.31. The Bertz CT molecular complexity index is 584. The number of nitrogens with two attached hydrogens (primary N) is 1. The van der Waals surface area contributed by atoms with E-state index in [1.165, 1.54) is 4.90 Å². The van der Waals surface area contributed by atoms with Gasteiger partial charge in [0.25, 0.3) is 11.8 Å². The van der Waals surface area contributed by atoms with Crippen molar-refractivity contribution >= 4 is 17.5 Å². The summed E-state index contributed by atoms with van der Waals surface area (Å²) in [6.07, 6.45) is 0.482. The first-order chi connectivity index (χ1) is 8.97. The van der Waals surface area contributed by atoms with Crippen LogP contribution in [-0.2, 0) is 4.74 Å². The number of amides is 2. The maximum atomic E-state index is 12.5. The van der Waals surface area contributed by atoms with Gasteiger partial charge in [0.2, 0.25) is 0 Å². The normalized spacial score (nSPS) is 30.0. The monoisotopic (exact) mass is 260 g/mol. The first-order valence-corrected chi connectivity index (χ1v) is 6.36. The summed E-state index contributed by atoms with van der Waals surface area (Å²) in [6, 6.07) is 4.99. The first-order valence-electron chi connectivity index (χ1n) is 6.36. The Kier molecular flexibility index (Phi) is 2.44. The molecule has 1 aromatic rings. The molecule has 0 bridgehead atoms. The van der Waals surface area contributed by atoms with Crippen LogP contribution in [0.3, 0.4) is 0 Å². The Morgan fingerprint density at radius 1 is 1.37 bits per heavy atom. The second-order valence-electron chi connectivity index (χ2n) is 5.34. The van der Waals surface area contributed by atoms with Crippen LogP contribution in [0.1, 0.15) is 41.0 Å². The van der Waals surface area contributed by atoms with E-state index in [1.807, 2.05) is 13.8 Å². The fraction of sp³-hybridized carbons (Fsp3) is 0.429. The molecule has 19 heavy (non-hydrogen) atoms. The van der Waals surface area contributed by atoms with E-state index >= 15 is 0 Å². The summed E-state index contributed by atoms with van der Waals surface area (Å²) in [5.41, 5.74) is 6.31. The zero-order chi connectivity index (χ0) is 13.8. The van der Waals surface area contributed by atoms with Gasteiger partial charge in [0.05, 0.1) is 22.8 Å². The van der Waals surface area contributed by atoms with Gasteiger partial charge in [0.1, 0.15) is 0 Å². The van der Waals surface area contributed by atoms with Crippen molar-refractivity contribution in [3.63, 3.8) is 0 Å². The molecule has 5 nitrogen and oxygen atoms in total. The zero-order valence-corrected chi connectivity index (χ0v) is 11.0. The summed E-state index contributed by atoms with van der Waals surface area (Å²) in [5.74, 6) is -0.579. The average molecular weight is 260 g/mol. The SMILES string of the molecule is CC1OCCC1(C)N1C(=O)c2cccc(N)c2C1=O. The minimum Gasteiger partial charge on any atom is -0.398 e. The van der Waals surface area contributed by atoms with Gasteiger partial charge in [0, 0.05) is 12.3 Å². The average Bonchev–Trinajstić information content (AvgIpc) is 2.81. The molecular formula is C14H16N2O3. The van der Waals surface area contributed by atoms with E-state index in [1.54, 1.807) is 18.2 Å². The van der Waals surface area contributed by atoms with Gasteiger partial charge in [-0.05, 0) is 32.4 Å². The number of ether oxygens (including phenoxy) is 1. The lowest BCUT2D eigenvalue weighted by atomic mass is 9.92. The van der Waals surface area contributed by atoms with Gasteiger partial charge >= 0.3 is 0 Å². The van der Waals surface area contributed by atoms with Gasteiger partial charge in [-0.25, -0.2) is 0 Å². The highest BCUT2D eigenvalue weighted by Gasteiger charge is 2.52. The number of imide groups is 1. The molecule has 2 amide bonds. The van der Waals surface area contributed by atoms with E-state index in [4.69, 9.17) is 10.5 Å². The topological polar surface area (TPSA) is 72.6 Å². The van der Waals surface area contributed by atoms with E-state index in [2.05, 4.69) is 0 Å². The number of carbonyl (C=O) groups is 2. The zero-order valence-electron chi connectivity index (χ0n) is 11.0. The number of benzene rings is 1. The summed E-state index contributed by atoms with van der Waals surface area (Å²) in [5, 5.41) is 0. The highest BCUT2D eigenvalue weighted by atomic mass is 16.5. The lowest BCUT2D eigenvalue weighted by Crippen LogP contribution is -2.53. The molecule has 0 saturated carbocycles. The molecule has 2 atom stereocenters. The number of rotatable bonds is 1. The lowest BCUT2D eigenvalue weighted by Gasteiger charge is -2.36. The van der Waals surface area contributed by atoms with Gasteiger partial charge in [-0.15, -0.1) is 0 Å². The maximum Gasteiger partial charge on any atom is 0.264 e. The predicted octanol–water partition coefficient (Wildman–Crippen LogP) is 1.43. The molecule has 2 unspecified atom stereocenters. The van der Waals surface area contributed by atoms with E-state index in [9.17, 15) is 9.59 Å². The number of carbonyl (C=O) groups excluding carboxylic acids is 2. The third kappa shape index (κ3) is 1.45. The minimum atomic E-state index is -0.598. The molecule has 0 radical (unpaired) electrons. The second-order valence-corrected chi connectivity index (χ2v) is 5.34. The third-order valence-electron chi connectivity index (χ3n) is 4.31. The van der Waals surface area contributed by atoms with Gasteiger partial charge in [-0.1, -0.05) is 6.07 Å². The van der Waals surface area contributed by atoms with Crippen LogP contribution >= 0.6 is 0 Å². The van der Waals surface area contributed by atoms with Gasteiger partial charge in [-0.2, -0.15) is 0 Å². The van der Waals surface area contributed by atoms with Crippen LogP contribution in [0.15, 0.2) is 18.2 Å². The summed E-state index contributed by atoms with van der Waals surface area (Å²) in [4.78, 5) is 26.4. The quantitative estimate of drug-likeness (QED) is 0.612. The van der Waals surface area contributed by atoms with Crippen LogP contribution in [0.4, 0.5) is 5.69 Å². The molecule has 5 heteroatoms. The van der Waals surface area contributed by atoms with Crippen LogP contribution in [0, 0.1) is 0 Å². The van der Waals surface area contributed by atoms with Crippen LogP contribution in [-0.4, -0.2) is 35.0 Å². The van der Waals surface area contributed by atoms with Crippen LogP contribution in [0.2, 0.25) is 0 Å². The smallest absolute Gasteiger partial charge is 0.264 e. The van der Waals surface area contributed by atoms with Crippen LogP contribution in [0.25, 0.3) is 0 Å². The highest BCUT2D eigenvalue weighted by molar-refractivity contribution is 6.24. The van der Waals surface area contributed by atoms with Crippen molar-refractivity contribution in [1.82, 2.24) is 4.90 Å². The maximum absolute atomic E-state index is 12.5. The van der Waals surface area contributed by atoms with Crippen molar-refractivity contribution in [2.24, 2.45) is 0 Å². The summed E-state index contributed by atoms with van der Waals surface area (Å²) < 4.78 is 5.53. The number of hydrogen-bond donors (Lipinski definition) is 1. The molecular weight excluding hydrogens is 244 g/mol.